The van der Waals surface area contributed by atoms with Crippen molar-refractivity contribution in [2.45, 2.75) is 58.2 Å². The van der Waals surface area contributed by atoms with E-state index in [1.165, 1.54) is 30.1 Å². The predicted molar refractivity (Wildman–Crippen MR) is 118 cm³/mol. The van der Waals surface area contributed by atoms with Crippen LogP contribution < -0.4 is 5.73 Å². The molecule has 0 bridgehead atoms. The zero-order valence-corrected chi connectivity index (χ0v) is 19.8. The van der Waals surface area contributed by atoms with Gasteiger partial charge < -0.3 is 15.5 Å². The van der Waals surface area contributed by atoms with Gasteiger partial charge in [0.15, 0.2) is 0 Å². The summed E-state index contributed by atoms with van der Waals surface area (Å²) in [6.07, 6.45) is -9.58. The normalized spacial score (nSPS) is 13.9. The number of aryl methyl sites for hydroxylation is 1. The van der Waals surface area contributed by atoms with Gasteiger partial charge in [-0.3, -0.25) is 0 Å². The molecule has 2 atom stereocenters. The third kappa shape index (κ3) is 7.58. The molecule has 0 aliphatic carbocycles. The molecule has 2 rings (SSSR count). The largest absolute Gasteiger partial charge is 0.416 e. The highest BCUT2D eigenvalue weighted by Crippen LogP contribution is 2.36. The molecule has 2 aromatic rings. The van der Waals surface area contributed by atoms with E-state index in [1.807, 2.05) is 0 Å². The number of alkyl halides is 6. The van der Waals surface area contributed by atoms with Crippen LogP contribution in [-0.2, 0) is 18.9 Å². The molecule has 194 valence electrons. The van der Waals surface area contributed by atoms with E-state index >= 15 is 0 Å². The van der Waals surface area contributed by atoms with Crippen LogP contribution in [0, 0.1) is 12.7 Å². The second-order valence-corrected chi connectivity index (χ2v) is 8.69. The van der Waals surface area contributed by atoms with Gasteiger partial charge in [0.2, 0.25) is 0 Å². The Kier molecular flexibility index (Phi) is 8.80. The maximum Gasteiger partial charge on any atom is 0.416 e. The van der Waals surface area contributed by atoms with Crippen LogP contribution in [0.3, 0.4) is 0 Å². The van der Waals surface area contributed by atoms with Gasteiger partial charge in [-0.25, -0.2) is 9.18 Å². The number of carbonyl (C=O) groups is 1. The quantitative estimate of drug-likeness (QED) is 0.434. The summed E-state index contributed by atoms with van der Waals surface area (Å²) in [6, 6.07) is 3.88. The first-order valence-corrected chi connectivity index (χ1v) is 10.8. The van der Waals surface area contributed by atoms with E-state index in [4.69, 9.17) is 5.73 Å². The summed E-state index contributed by atoms with van der Waals surface area (Å²) in [4.78, 5) is 15.8. The van der Waals surface area contributed by atoms with Crippen molar-refractivity contribution in [2.75, 3.05) is 13.6 Å². The van der Waals surface area contributed by atoms with Gasteiger partial charge in [0.25, 0.3) is 0 Å². The van der Waals surface area contributed by atoms with Gasteiger partial charge in [0.1, 0.15) is 5.82 Å². The number of hydrogen-bond donors (Lipinski definition) is 1. The average molecular weight is 507 g/mol. The van der Waals surface area contributed by atoms with Crippen molar-refractivity contribution in [1.82, 2.24) is 9.80 Å². The highest BCUT2D eigenvalue weighted by Gasteiger charge is 2.37. The summed E-state index contributed by atoms with van der Waals surface area (Å²) in [7, 11) is 1.29. The van der Waals surface area contributed by atoms with Crippen molar-refractivity contribution in [3.05, 3.63) is 70.0 Å². The predicted octanol–water partition coefficient (Wildman–Crippen LogP) is 6.52. The number of urea groups is 1. The number of halogens is 7. The highest BCUT2D eigenvalue weighted by molar-refractivity contribution is 5.75. The molecule has 11 heteroatoms. The molecule has 0 unspecified atom stereocenters. The fraction of sp³-hybridized carbons (Fsp3) is 0.458. The summed E-state index contributed by atoms with van der Waals surface area (Å²) in [5, 5.41) is 0. The van der Waals surface area contributed by atoms with Crippen molar-refractivity contribution in [1.29, 1.82) is 0 Å². The van der Waals surface area contributed by atoms with E-state index in [1.54, 1.807) is 20.8 Å². The van der Waals surface area contributed by atoms with E-state index < -0.39 is 47.9 Å². The molecule has 0 saturated heterocycles. The summed E-state index contributed by atoms with van der Waals surface area (Å²) in [6.45, 7) is 4.81. The molecule has 2 N–H and O–H groups in total. The SMILES string of the molecule is Cc1cc(F)ccc1[C@@H](C)N(CC[C@H](C)N)C(=O)N(C)Cc1cc(C(F)(F)F)cc(C(F)(F)F)c1. The first kappa shape index (κ1) is 28.4. The summed E-state index contributed by atoms with van der Waals surface area (Å²) in [5.41, 5.74) is 3.85. The van der Waals surface area contributed by atoms with E-state index in [0.29, 0.717) is 29.7 Å². The van der Waals surface area contributed by atoms with Gasteiger partial charge in [-0.05, 0) is 74.2 Å². The zero-order chi connectivity index (χ0) is 26.7. The Bertz CT molecular complexity index is 1000. The molecule has 4 nitrogen and oxygen atoms in total. The zero-order valence-electron chi connectivity index (χ0n) is 19.8. The van der Waals surface area contributed by atoms with Crippen molar-refractivity contribution >= 4 is 6.03 Å². The van der Waals surface area contributed by atoms with Crippen LogP contribution >= 0.6 is 0 Å². The van der Waals surface area contributed by atoms with Crippen molar-refractivity contribution in [3.8, 4) is 0 Å². The molecule has 0 saturated carbocycles. The van der Waals surface area contributed by atoms with Gasteiger partial charge in [-0.15, -0.1) is 0 Å². The molecule has 0 fully saturated rings. The molecular weight excluding hydrogens is 479 g/mol. The maximum absolute atomic E-state index is 13.6. The minimum Gasteiger partial charge on any atom is -0.328 e. The minimum absolute atomic E-state index is 0.0413. The fourth-order valence-electron chi connectivity index (χ4n) is 3.74. The van der Waals surface area contributed by atoms with Crippen LogP contribution in [0.1, 0.15) is 54.1 Å². The lowest BCUT2D eigenvalue weighted by Crippen LogP contribution is -2.44. The fourth-order valence-corrected chi connectivity index (χ4v) is 3.74. The Morgan fingerprint density at radius 2 is 1.51 bits per heavy atom. The van der Waals surface area contributed by atoms with Crippen LogP contribution in [0.2, 0.25) is 0 Å². The van der Waals surface area contributed by atoms with Crippen molar-refractivity contribution in [3.63, 3.8) is 0 Å². The lowest BCUT2D eigenvalue weighted by Gasteiger charge is -2.34. The van der Waals surface area contributed by atoms with Crippen LogP contribution in [0.15, 0.2) is 36.4 Å². The Morgan fingerprint density at radius 3 is 1.97 bits per heavy atom. The number of nitrogens with zero attached hydrogens (tertiary/aromatic N) is 2. The lowest BCUT2D eigenvalue weighted by molar-refractivity contribution is -0.143. The molecule has 0 spiro atoms. The second kappa shape index (κ2) is 10.8. The molecule has 35 heavy (non-hydrogen) atoms. The third-order valence-electron chi connectivity index (χ3n) is 5.61. The van der Waals surface area contributed by atoms with E-state index in [2.05, 4.69) is 0 Å². The Hall–Kier alpha value is -2.82. The Balaban J connectivity index is 2.38. The van der Waals surface area contributed by atoms with Crippen molar-refractivity contribution in [2.24, 2.45) is 5.73 Å². The molecule has 0 radical (unpaired) electrons. The van der Waals surface area contributed by atoms with Crippen LogP contribution in [0.25, 0.3) is 0 Å². The smallest absolute Gasteiger partial charge is 0.328 e. The molecule has 2 amide bonds. The Labute approximate surface area is 199 Å². The minimum atomic E-state index is -4.99. The summed E-state index contributed by atoms with van der Waals surface area (Å²) < 4.78 is 92.8. The van der Waals surface area contributed by atoms with Crippen LogP contribution in [0.4, 0.5) is 35.5 Å². The average Bonchev–Trinajstić information content (AvgIpc) is 2.71. The van der Waals surface area contributed by atoms with Crippen LogP contribution in [-0.4, -0.2) is 35.5 Å². The number of rotatable bonds is 7. The molecule has 0 aliphatic heterocycles. The monoisotopic (exact) mass is 507 g/mol. The third-order valence-corrected chi connectivity index (χ3v) is 5.61. The number of carbonyl (C=O) groups excluding carboxylic acids is 1. The first-order valence-electron chi connectivity index (χ1n) is 10.8. The standard InChI is InChI=1S/C24H28F7N3O/c1-14-9-20(25)5-6-21(14)16(3)34(8-7-15(2)32)22(35)33(4)13-17-10-18(23(26,27)28)12-19(11-17)24(29,30)31/h5-6,9-12,15-16H,7-8,13,32H2,1-4H3/t15-,16+/m0/s1. The molecule has 0 heterocycles. The summed E-state index contributed by atoms with van der Waals surface area (Å²) in [5.74, 6) is -0.450. The summed E-state index contributed by atoms with van der Waals surface area (Å²) >= 11 is 0. The number of amides is 2. The highest BCUT2D eigenvalue weighted by atomic mass is 19.4. The molecule has 0 aromatic heterocycles. The second-order valence-electron chi connectivity index (χ2n) is 8.69. The molecular formula is C24H28F7N3O. The first-order chi connectivity index (χ1) is 16.0. The maximum atomic E-state index is 13.6. The number of hydrogen-bond acceptors (Lipinski definition) is 2. The topological polar surface area (TPSA) is 49.6 Å². The van der Waals surface area contributed by atoms with E-state index in [9.17, 15) is 35.5 Å². The van der Waals surface area contributed by atoms with Gasteiger partial charge in [-0.1, -0.05) is 6.07 Å². The van der Waals surface area contributed by atoms with Gasteiger partial charge in [-0.2, -0.15) is 26.3 Å². The van der Waals surface area contributed by atoms with Gasteiger partial charge in [0.05, 0.1) is 17.2 Å². The molecule has 0 aliphatic rings. The van der Waals surface area contributed by atoms with Crippen molar-refractivity contribution < 1.29 is 35.5 Å². The number of benzene rings is 2. The van der Waals surface area contributed by atoms with Gasteiger partial charge >= 0.3 is 18.4 Å². The molecule has 2 aromatic carbocycles. The van der Waals surface area contributed by atoms with E-state index in [0.717, 1.165) is 4.90 Å². The van der Waals surface area contributed by atoms with Crippen LogP contribution in [0.5, 0.6) is 0 Å². The van der Waals surface area contributed by atoms with E-state index in [-0.39, 0.29) is 24.2 Å². The Morgan fingerprint density at radius 1 is 0.971 bits per heavy atom. The number of nitrogens with two attached hydrogens (primary N) is 1. The lowest BCUT2D eigenvalue weighted by atomic mass is 10.0. The van der Waals surface area contributed by atoms with Gasteiger partial charge in [0, 0.05) is 26.2 Å².